The van der Waals surface area contributed by atoms with Crippen LogP contribution < -0.4 is 0 Å². The Morgan fingerprint density at radius 1 is 1.56 bits per heavy atom. The van der Waals surface area contributed by atoms with Gasteiger partial charge in [0.05, 0.1) is 0 Å². The van der Waals surface area contributed by atoms with Crippen molar-refractivity contribution in [3.05, 3.63) is 27.6 Å². The Labute approximate surface area is 107 Å². The first kappa shape index (κ1) is 12.0. The van der Waals surface area contributed by atoms with Crippen LogP contribution in [0.3, 0.4) is 0 Å². The number of aliphatic imine (C=N–C) groups is 1. The standard InChI is InChI=1S/C11H11NOS3/c1-3-14-11-12-8(10(13)16-11)6-9-7(2)4-5-15-9/h4-6H,3H2,1-2H3/b8-6-. The highest BCUT2D eigenvalue weighted by atomic mass is 32.2. The van der Waals surface area contributed by atoms with Crippen molar-refractivity contribution in [3.63, 3.8) is 0 Å². The van der Waals surface area contributed by atoms with Crippen LogP contribution in [0.4, 0.5) is 0 Å². The van der Waals surface area contributed by atoms with Gasteiger partial charge in [-0.1, -0.05) is 18.7 Å². The van der Waals surface area contributed by atoms with E-state index in [4.69, 9.17) is 0 Å². The number of thioether (sulfide) groups is 2. The van der Waals surface area contributed by atoms with Crippen molar-refractivity contribution in [2.75, 3.05) is 5.75 Å². The van der Waals surface area contributed by atoms with Gasteiger partial charge in [0.15, 0.2) is 0 Å². The smallest absolute Gasteiger partial charge is 0.244 e. The predicted octanol–water partition coefficient (Wildman–Crippen LogP) is 3.78. The molecule has 1 aromatic heterocycles. The number of aryl methyl sites for hydroxylation is 1. The molecule has 2 heterocycles. The van der Waals surface area contributed by atoms with Gasteiger partial charge in [0, 0.05) is 4.88 Å². The van der Waals surface area contributed by atoms with E-state index in [0.29, 0.717) is 5.70 Å². The van der Waals surface area contributed by atoms with Gasteiger partial charge in [-0.25, -0.2) is 4.99 Å². The SMILES string of the molecule is CCSC1=N/C(=C\c2sccc2C)C(=O)S1. The zero-order valence-electron chi connectivity index (χ0n) is 9.02. The summed E-state index contributed by atoms with van der Waals surface area (Å²) in [6, 6.07) is 2.05. The zero-order valence-corrected chi connectivity index (χ0v) is 11.5. The van der Waals surface area contributed by atoms with Crippen molar-refractivity contribution in [1.29, 1.82) is 0 Å². The minimum atomic E-state index is 0.0590. The summed E-state index contributed by atoms with van der Waals surface area (Å²) in [6.45, 7) is 4.10. The summed E-state index contributed by atoms with van der Waals surface area (Å²) in [6.07, 6.45) is 1.89. The van der Waals surface area contributed by atoms with E-state index in [1.54, 1.807) is 23.1 Å². The molecule has 0 N–H and O–H groups in total. The molecule has 0 atom stereocenters. The Balaban J connectivity index is 2.25. The zero-order chi connectivity index (χ0) is 11.5. The van der Waals surface area contributed by atoms with E-state index in [2.05, 4.69) is 18.0 Å². The maximum Gasteiger partial charge on any atom is 0.244 e. The van der Waals surface area contributed by atoms with Crippen LogP contribution in [-0.4, -0.2) is 15.2 Å². The number of carbonyl (C=O) groups excluding carboxylic acids is 1. The summed E-state index contributed by atoms with van der Waals surface area (Å²) in [5.74, 6) is 0.949. The van der Waals surface area contributed by atoms with E-state index in [1.165, 1.54) is 17.3 Å². The number of hydrogen-bond donors (Lipinski definition) is 0. The average molecular weight is 269 g/mol. The molecule has 2 nitrogen and oxygen atoms in total. The molecule has 0 unspecified atom stereocenters. The second-order valence-corrected chi connectivity index (χ2v) is 6.62. The van der Waals surface area contributed by atoms with Crippen molar-refractivity contribution >= 4 is 50.4 Å². The minimum absolute atomic E-state index is 0.0590. The van der Waals surface area contributed by atoms with Crippen LogP contribution in [0.15, 0.2) is 22.1 Å². The number of hydrogen-bond acceptors (Lipinski definition) is 5. The lowest BCUT2D eigenvalue weighted by molar-refractivity contribution is -0.107. The molecule has 0 fully saturated rings. The Hall–Kier alpha value is -0.520. The topological polar surface area (TPSA) is 29.4 Å². The molecule has 1 aromatic rings. The van der Waals surface area contributed by atoms with Gasteiger partial charge in [-0.15, -0.1) is 11.3 Å². The second kappa shape index (κ2) is 5.21. The van der Waals surface area contributed by atoms with Crippen molar-refractivity contribution in [2.45, 2.75) is 13.8 Å². The van der Waals surface area contributed by atoms with E-state index in [9.17, 15) is 4.79 Å². The van der Waals surface area contributed by atoms with Gasteiger partial charge < -0.3 is 0 Å². The summed E-state index contributed by atoms with van der Waals surface area (Å²) in [5, 5.41) is 2.09. The summed E-state index contributed by atoms with van der Waals surface area (Å²) >= 11 is 4.49. The van der Waals surface area contributed by atoms with Gasteiger partial charge in [0.1, 0.15) is 10.1 Å². The Morgan fingerprint density at radius 2 is 2.38 bits per heavy atom. The number of nitrogens with zero attached hydrogens (tertiary/aromatic N) is 1. The van der Waals surface area contributed by atoms with Crippen LogP contribution in [0.2, 0.25) is 0 Å². The fraction of sp³-hybridized carbons (Fsp3) is 0.273. The molecule has 0 saturated heterocycles. The molecule has 1 aliphatic rings. The first-order valence-electron chi connectivity index (χ1n) is 4.90. The summed E-state index contributed by atoms with van der Waals surface area (Å²) in [7, 11) is 0. The van der Waals surface area contributed by atoms with E-state index in [1.807, 2.05) is 18.4 Å². The first-order chi connectivity index (χ1) is 7.70. The van der Waals surface area contributed by atoms with Crippen LogP contribution in [0, 0.1) is 6.92 Å². The Bertz CT molecular complexity index is 473. The molecule has 0 saturated carbocycles. The lowest BCUT2D eigenvalue weighted by Crippen LogP contribution is -1.87. The Kier molecular flexibility index (Phi) is 3.89. The maximum absolute atomic E-state index is 11.7. The summed E-state index contributed by atoms with van der Waals surface area (Å²) < 4.78 is 0.868. The number of carbonyl (C=O) groups is 1. The summed E-state index contributed by atoms with van der Waals surface area (Å²) in [4.78, 5) is 17.1. The highest BCUT2D eigenvalue weighted by molar-refractivity contribution is 8.45. The number of rotatable bonds is 2. The third kappa shape index (κ3) is 2.59. The normalized spacial score (nSPS) is 18.2. The highest BCUT2D eigenvalue weighted by Crippen LogP contribution is 2.31. The second-order valence-electron chi connectivity index (χ2n) is 3.20. The monoisotopic (exact) mass is 269 g/mol. The lowest BCUT2D eigenvalue weighted by Gasteiger charge is -1.91. The molecular formula is C11H11NOS3. The van der Waals surface area contributed by atoms with Crippen LogP contribution in [0.25, 0.3) is 6.08 Å². The molecular weight excluding hydrogens is 258 g/mol. The maximum atomic E-state index is 11.7. The fourth-order valence-electron chi connectivity index (χ4n) is 1.23. The molecule has 0 bridgehead atoms. The van der Waals surface area contributed by atoms with Gasteiger partial charge in [0.2, 0.25) is 5.12 Å². The lowest BCUT2D eigenvalue weighted by atomic mass is 10.2. The molecule has 0 amide bonds. The molecule has 2 rings (SSSR count). The van der Waals surface area contributed by atoms with E-state index < -0.39 is 0 Å². The largest absolute Gasteiger partial charge is 0.279 e. The van der Waals surface area contributed by atoms with Gasteiger partial charge in [0.25, 0.3) is 0 Å². The van der Waals surface area contributed by atoms with Crippen molar-refractivity contribution in [1.82, 2.24) is 0 Å². The highest BCUT2D eigenvalue weighted by Gasteiger charge is 2.22. The van der Waals surface area contributed by atoms with E-state index in [0.717, 1.165) is 15.0 Å². The van der Waals surface area contributed by atoms with Crippen LogP contribution in [0.5, 0.6) is 0 Å². The van der Waals surface area contributed by atoms with Gasteiger partial charge in [-0.2, -0.15) is 0 Å². The molecule has 0 aliphatic carbocycles. The van der Waals surface area contributed by atoms with Crippen LogP contribution >= 0.6 is 34.9 Å². The van der Waals surface area contributed by atoms with Gasteiger partial charge in [-0.05, 0) is 47.5 Å². The van der Waals surface area contributed by atoms with Gasteiger partial charge in [-0.3, -0.25) is 4.79 Å². The van der Waals surface area contributed by atoms with Crippen molar-refractivity contribution < 1.29 is 4.79 Å². The summed E-state index contributed by atoms with van der Waals surface area (Å²) in [5.41, 5.74) is 1.77. The molecule has 0 spiro atoms. The minimum Gasteiger partial charge on any atom is -0.279 e. The fourth-order valence-corrected chi connectivity index (χ4v) is 3.82. The molecule has 5 heteroatoms. The molecule has 0 aromatic carbocycles. The van der Waals surface area contributed by atoms with E-state index in [-0.39, 0.29) is 5.12 Å². The predicted molar refractivity (Wildman–Crippen MR) is 75.2 cm³/mol. The van der Waals surface area contributed by atoms with Crippen molar-refractivity contribution in [3.8, 4) is 0 Å². The number of thiophene rings is 1. The Morgan fingerprint density at radius 3 is 3.00 bits per heavy atom. The molecule has 0 radical (unpaired) electrons. The van der Waals surface area contributed by atoms with Crippen LogP contribution in [0.1, 0.15) is 17.4 Å². The van der Waals surface area contributed by atoms with Crippen LogP contribution in [-0.2, 0) is 4.79 Å². The van der Waals surface area contributed by atoms with Crippen molar-refractivity contribution in [2.24, 2.45) is 4.99 Å². The van der Waals surface area contributed by atoms with E-state index >= 15 is 0 Å². The van der Waals surface area contributed by atoms with Gasteiger partial charge >= 0.3 is 0 Å². The molecule has 16 heavy (non-hydrogen) atoms. The first-order valence-corrected chi connectivity index (χ1v) is 7.58. The third-order valence-electron chi connectivity index (χ3n) is 2.04. The average Bonchev–Trinajstić information content (AvgIpc) is 2.77. The third-order valence-corrected chi connectivity index (χ3v) is 4.90. The quantitative estimate of drug-likeness (QED) is 0.765. The molecule has 84 valence electrons. The molecule has 1 aliphatic heterocycles.